The Kier molecular flexibility index (Phi) is 25.6. The summed E-state index contributed by atoms with van der Waals surface area (Å²) in [5, 5.41) is 22.0. The number of nitrogens with zero attached hydrogens (tertiary/aromatic N) is 3. The first-order valence-electron chi connectivity index (χ1n) is 6.91. The Morgan fingerprint density at radius 3 is 1.04 bits per heavy atom. The van der Waals surface area contributed by atoms with Crippen LogP contribution in [0.1, 0.15) is 54.9 Å². The van der Waals surface area contributed by atoms with Gasteiger partial charge in [0, 0.05) is 40.2 Å². The van der Waals surface area contributed by atoms with E-state index in [9.17, 15) is 13.2 Å². The Hall–Kier alpha value is -1.73. The van der Waals surface area contributed by atoms with Gasteiger partial charge in [-0.05, 0) is 45.3 Å². The van der Waals surface area contributed by atoms with Crippen molar-refractivity contribution in [2.45, 2.75) is 60.4 Å². The number of allylic oxidation sites excluding steroid dienone is 4. The van der Waals surface area contributed by atoms with E-state index in [-0.39, 0.29) is 19.5 Å². The van der Waals surface area contributed by atoms with Gasteiger partial charge >= 0.3 is 15.6 Å². The molecule has 0 aromatic rings. The second-order valence-electron chi connectivity index (χ2n) is 4.58. The van der Waals surface area contributed by atoms with Crippen LogP contribution in [-0.2, 0) is 29.6 Å². The molecule has 1 N–H and O–H groups in total. The van der Waals surface area contributed by atoms with Crippen molar-refractivity contribution < 1.29 is 45.6 Å². The Morgan fingerprint density at radius 1 is 0.852 bits per heavy atom. The van der Waals surface area contributed by atoms with Crippen molar-refractivity contribution in [3.05, 3.63) is 22.3 Å². The Labute approximate surface area is 172 Å². The molecule has 0 unspecified atom stereocenters. The van der Waals surface area contributed by atoms with Crippen LogP contribution in [0.25, 0.3) is 0 Å². The first-order chi connectivity index (χ1) is 11.6. The van der Waals surface area contributed by atoms with Gasteiger partial charge in [-0.2, -0.15) is 37.4 Å². The summed E-state index contributed by atoms with van der Waals surface area (Å²) < 4.78 is 57.5. The molecule has 0 aliphatic heterocycles. The molecule has 27 heavy (non-hydrogen) atoms. The number of halogens is 3. The molecule has 0 amide bonds. The van der Waals surface area contributed by atoms with Gasteiger partial charge in [0.2, 0.25) is 0 Å². The molecular formula is C16H24F3N3O3RuS. The summed E-state index contributed by atoms with van der Waals surface area (Å²) in [6.07, 6.45) is 1.21. The van der Waals surface area contributed by atoms with Crippen molar-refractivity contribution in [1.82, 2.24) is 0 Å². The van der Waals surface area contributed by atoms with Gasteiger partial charge in [0.15, 0.2) is 0 Å². The minimum absolute atomic E-state index is 0. The first kappa shape index (κ1) is 36.2. The number of hydrogen-bond acceptors (Lipinski definition) is 5. The summed E-state index contributed by atoms with van der Waals surface area (Å²) in [4.78, 5) is 0. The number of nitriles is 3. The molecule has 0 saturated heterocycles. The molecule has 0 saturated carbocycles. The van der Waals surface area contributed by atoms with E-state index in [2.05, 4.69) is 27.7 Å². The predicted molar refractivity (Wildman–Crippen MR) is 92.8 cm³/mol. The zero-order valence-electron chi connectivity index (χ0n) is 16.2. The van der Waals surface area contributed by atoms with Gasteiger partial charge < -0.3 is 0 Å². The minimum atomic E-state index is -5.84. The van der Waals surface area contributed by atoms with Gasteiger partial charge in [-0.25, -0.2) is 0 Å². The van der Waals surface area contributed by atoms with E-state index in [1.54, 1.807) is 29.4 Å². The zero-order valence-corrected chi connectivity index (χ0v) is 18.8. The van der Waals surface area contributed by atoms with E-state index < -0.39 is 15.6 Å². The third-order valence-corrected chi connectivity index (χ3v) is 3.25. The van der Waals surface area contributed by atoms with Crippen LogP contribution in [0.5, 0.6) is 0 Å². The Balaban J connectivity index is -0.0000000820. The molecule has 1 aliphatic rings. The maximum atomic E-state index is 10.7. The quantitative estimate of drug-likeness (QED) is 0.284. The molecule has 0 aromatic heterocycles. The van der Waals surface area contributed by atoms with Crippen molar-refractivity contribution in [3.8, 4) is 18.2 Å². The number of hydrogen-bond donors (Lipinski definition) is 1. The second-order valence-corrected chi connectivity index (χ2v) is 5.99. The number of rotatable bonds is 0. The fourth-order valence-corrected chi connectivity index (χ4v) is 1.30. The van der Waals surface area contributed by atoms with E-state index in [4.69, 9.17) is 28.8 Å². The van der Waals surface area contributed by atoms with Gasteiger partial charge in [0.05, 0.1) is 18.2 Å². The molecule has 0 fully saturated rings. The molecule has 1 aliphatic carbocycles. The summed E-state index contributed by atoms with van der Waals surface area (Å²) in [5.74, 6) is 0. The van der Waals surface area contributed by atoms with Gasteiger partial charge in [-0.15, -0.1) is 0 Å². The van der Waals surface area contributed by atoms with Crippen molar-refractivity contribution in [1.29, 1.82) is 15.8 Å². The molecule has 0 bridgehead atoms. The molecule has 11 heteroatoms. The third-order valence-electron chi connectivity index (χ3n) is 2.67. The van der Waals surface area contributed by atoms with Crippen LogP contribution in [0.15, 0.2) is 22.3 Å². The van der Waals surface area contributed by atoms with Crippen LogP contribution in [0, 0.1) is 34.0 Å². The molecule has 0 heterocycles. The van der Waals surface area contributed by atoms with Crippen molar-refractivity contribution in [2.24, 2.45) is 0 Å². The summed E-state index contributed by atoms with van der Waals surface area (Å²) in [5.41, 5.74) is 0.572. The SMILES string of the molecule is CC#N.CC#N.CC#N.CC1=C(C)C(C)=C(C)C1.O=S(=O)(O)C(F)(F)F.[Ru]. The van der Waals surface area contributed by atoms with Gasteiger partial charge in [-0.3, -0.25) is 4.55 Å². The van der Waals surface area contributed by atoms with E-state index in [0.717, 1.165) is 0 Å². The van der Waals surface area contributed by atoms with Gasteiger partial charge in [-0.1, -0.05) is 11.1 Å². The first-order valence-corrected chi connectivity index (χ1v) is 8.35. The van der Waals surface area contributed by atoms with Crippen LogP contribution in [0.3, 0.4) is 0 Å². The largest absolute Gasteiger partial charge is 0.522 e. The maximum absolute atomic E-state index is 10.7. The molecule has 156 valence electrons. The van der Waals surface area contributed by atoms with Gasteiger partial charge in [0.1, 0.15) is 0 Å². The standard InChI is InChI=1S/C9H14.3C2H3N.CHF3O3S.Ru/c1-6-5-7(2)9(4)8(6)3;3*1-2-3;2-1(3,4)8(5,6)7;/h5H2,1-4H3;3*1H3;(H,5,6,7);. The molecule has 0 spiro atoms. The van der Waals surface area contributed by atoms with E-state index in [1.807, 2.05) is 0 Å². The predicted octanol–water partition coefficient (Wildman–Crippen LogP) is 5.04. The van der Waals surface area contributed by atoms with E-state index in [0.29, 0.717) is 0 Å². The molecule has 0 aromatic carbocycles. The van der Waals surface area contributed by atoms with Crippen molar-refractivity contribution >= 4 is 10.1 Å². The summed E-state index contributed by atoms with van der Waals surface area (Å²) in [6, 6.07) is 5.25. The van der Waals surface area contributed by atoms with Crippen molar-refractivity contribution in [2.75, 3.05) is 0 Å². The van der Waals surface area contributed by atoms with Crippen LogP contribution in [0.2, 0.25) is 0 Å². The van der Waals surface area contributed by atoms with Crippen LogP contribution in [0.4, 0.5) is 13.2 Å². The van der Waals surface area contributed by atoms with E-state index >= 15 is 0 Å². The molecular weight excluding hydrogens is 472 g/mol. The van der Waals surface area contributed by atoms with Crippen LogP contribution < -0.4 is 0 Å². The average Bonchev–Trinajstić information content (AvgIpc) is 2.66. The van der Waals surface area contributed by atoms with Gasteiger partial charge in [0.25, 0.3) is 0 Å². The fourth-order valence-electron chi connectivity index (χ4n) is 1.30. The summed E-state index contributed by atoms with van der Waals surface area (Å²) >= 11 is 0. The van der Waals surface area contributed by atoms with Crippen LogP contribution in [-0.4, -0.2) is 18.5 Å². The normalized spacial score (nSPS) is 11.7. The van der Waals surface area contributed by atoms with Crippen LogP contribution >= 0.6 is 0 Å². The number of alkyl halides is 3. The monoisotopic (exact) mass is 497 g/mol. The Morgan fingerprint density at radius 2 is 1.00 bits per heavy atom. The summed E-state index contributed by atoms with van der Waals surface area (Å²) in [7, 11) is -5.84. The maximum Gasteiger partial charge on any atom is 0.522 e. The molecule has 0 radical (unpaired) electrons. The zero-order chi connectivity index (χ0) is 22.1. The molecule has 1 rings (SSSR count). The fraction of sp³-hybridized carbons (Fsp3) is 0.562. The van der Waals surface area contributed by atoms with Crippen molar-refractivity contribution in [3.63, 3.8) is 0 Å². The van der Waals surface area contributed by atoms with E-state index in [1.165, 1.54) is 38.3 Å². The Bertz CT molecular complexity index is 658. The second kappa shape index (κ2) is 19.0. The summed E-state index contributed by atoms with van der Waals surface area (Å²) in [6.45, 7) is 13.1. The smallest absolute Gasteiger partial charge is 0.279 e. The minimum Gasteiger partial charge on any atom is -0.279 e. The molecule has 0 atom stereocenters. The third kappa shape index (κ3) is 22.2. The molecule has 6 nitrogen and oxygen atoms in total. The average molecular weight is 497 g/mol. The topological polar surface area (TPSA) is 126 Å².